The van der Waals surface area contributed by atoms with Gasteiger partial charge in [-0.15, -0.1) is 24.0 Å². The molecular formula is C17H37IN4O4S. The maximum atomic E-state index is 11.7. The van der Waals surface area contributed by atoms with Gasteiger partial charge < -0.3 is 20.1 Å². The lowest BCUT2D eigenvalue weighted by Crippen LogP contribution is -2.39. The predicted molar refractivity (Wildman–Crippen MR) is 120 cm³/mol. The van der Waals surface area contributed by atoms with Gasteiger partial charge in [0.2, 0.25) is 10.0 Å². The fourth-order valence-corrected chi connectivity index (χ4v) is 3.38. The molecule has 1 aliphatic heterocycles. The number of rotatable bonds is 13. The molecule has 0 aromatic carbocycles. The van der Waals surface area contributed by atoms with Gasteiger partial charge in [0, 0.05) is 52.4 Å². The van der Waals surface area contributed by atoms with Crippen LogP contribution in [0.15, 0.2) is 4.99 Å². The molecule has 1 atom stereocenters. The van der Waals surface area contributed by atoms with Crippen molar-refractivity contribution < 1.29 is 17.9 Å². The Labute approximate surface area is 181 Å². The maximum absolute atomic E-state index is 11.7. The van der Waals surface area contributed by atoms with Crippen LogP contribution >= 0.6 is 24.0 Å². The maximum Gasteiger partial charge on any atom is 0.213 e. The van der Waals surface area contributed by atoms with E-state index in [-0.39, 0.29) is 29.7 Å². The summed E-state index contributed by atoms with van der Waals surface area (Å²) in [6.45, 7) is 9.49. The highest BCUT2D eigenvalue weighted by Gasteiger charge is 2.15. The number of nitrogens with zero attached hydrogens (tertiary/aromatic N) is 2. The van der Waals surface area contributed by atoms with Crippen molar-refractivity contribution in [3.05, 3.63) is 0 Å². The van der Waals surface area contributed by atoms with Gasteiger partial charge in [-0.3, -0.25) is 4.99 Å². The highest BCUT2D eigenvalue weighted by atomic mass is 127. The summed E-state index contributed by atoms with van der Waals surface area (Å²) in [6, 6.07) is 0. The predicted octanol–water partition coefficient (Wildman–Crippen LogP) is 1.27. The van der Waals surface area contributed by atoms with Crippen molar-refractivity contribution in [1.82, 2.24) is 14.9 Å². The minimum atomic E-state index is -3.10. The first-order valence-corrected chi connectivity index (χ1v) is 11.2. The third kappa shape index (κ3) is 12.1. The Morgan fingerprint density at radius 2 is 2.07 bits per heavy atom. The monoisotopic (exact) mass is 520 g/mol. The molecule has 0 saturated carbocycles. The van der Waals surface area contributed by atoms with Crippen molar-refractivity contribution in [3.63, 3.8) is 0 Å². The Morgan fingerprint density at radius 3 is 2.70 bits per heavy atom. The van der Waals surface area contributed by atoms with Crippen LogP contribution in [-0.4, -0.2) is 84.1 Å². The molecule has 1 fully saturated rings. The summed E-state index contributed by atoms with van der Waals surface area (Å²) < 4.78 is 35.8. The van der Waals surface area contributed by atoms with E-state index in [1.807, 2.05) is 6.92 Å². The van der Waals surface area contributed by atoms with Gasteiger partial charge in [0.25, 0.3) is 0 Å². The van der Waals surface area contributed by atoms with Crippen molar-refractivity contribution in [2.75, 3.05) is 65.4 Å². The molecule has 2 N–H and O–H groups in total. The number of aliphatic imine (C=N–C) groups is 1. The first kappa shape index (κ1) is 26.8. The zero-order valence-electron chi connectivity index (χ0n) is 16.9. The lowest BCUT2D eigenvalue weighted by Gasteiger charge is -2.16. The lowest BCUT2D eigenvalue weighted by atomic mass is 10.1. The Kier molecular flexibility index (Phi) is 15.6. The largest absolute Gasteiger partial charge is 0.381 e. The van der Waals surface area contributed by atoms with E-state index < -0.39 is 10.0 Å². The summed E-state index contributed by atoms with van der Waals surface area (Å²) in [4.78, 5) is 4.52. The number of guanidine groups is 1. The van der Waals surface area contributed by atoms with Gasteiger partial charge in [0.15, 0.2) is 5.96 Å². The van der Waals surface area contributed by atoms with E-state index in [1.54, 1.807) is 14.0 Å². The third-order valence-electron chi connectivity index (χ3n) is 4.22. The molecule has 27 heavy (non-hydrogen) atoms. The van der Waals surface area contributed by atoms with Gasteiger partial charge >= 0.3 is 0 Å². The molecule has 8 nitrogen and oxygen atoms in total. The van der Waals surface area contributed by atoms with Gasteiger partial charge in [0.05, 0.1) is 19.0 Å². The topological polar surface area (TPSA) is 92.3 Å². The molecule has 1 aliphatic rings. The van der Waals surface area contributed by atoms with Gasteiger partial charge in [-0.2, -0.15) is 0 Å². The van der Waals surface area contributed by atoms with Crippen LogP contribution in [0.4, 0.5) is 0 Å². The zero-order valence-corrected chi connectivity index (χ0v) is 20.1. The highest BCUT2D eigenvalue weighted by Crippen LogP contribution is 2.12. The SMILES string of the molecule is CCNC(=NCCCOCC1CCOC1)NCCCN(C)S(=O)(=O)CC.I. The number of hydrogen-bond donors (Lipinski definition) is 2. The summed E-state index contributed by atoms with van der Waals surface area (Å²) in [6.07, 6.45) is 2.70. The van der Waals surface area contributed by atoms with Gasteiger partial charge in [-0.25, -0.2) is 12.7 Å². The summed E-state index contributed by atoms with van der Waals surface area (Å²) in [5.41, 5.74) is 0. The summed E-state index contributed by atoms with van der Waals surface area (Å²) >= 11 is 0. The number of halogens is 1. The first-order valence-electron chi connectivity index (χ1n) is 9.61. The van der Waals surface area contributed by atoms with Crippen molar-refractivity contribution >= 4 is 40.0 Å². The van der Waals surface area contributed by atoms with Crippen LogP contribution in [0.2, 0.25) is 0 Å². The minimum Gasteiger partial charge on any atom is -0.381 e. The second-order valence-corrected chi connectivity index (χ2v) is 8.79. The molecule has 1 saturated heterocycles. The fraction of sp³-hybridized carbons (Fsp3) is 0.941. The molecule has 162 valence electrons. The number of sulfonamides is 1. The van der Waals surface area contributed by atoms with Crippen LogP contribution < -0.4 is 10.6 Å². The Balaban J connectivity index is 0.00000676. The number of ether oxygens (including phenoxy) is 2. The quantitative estimate of drug-likeness (QED) is 0.165. The average molecular weight is 520 g/mol. The zero-order chi connectivity index (χ0) is 19.3. The molecule has 1 rings (SSSR count). The second-order valence-electron chi connectivity index (χ2n) is 6.42. The average Bonchev–Trinajstić information content (AvgIpc) is 3.14. The fourth-order valence-electron chi connectivity index (χ4n) is 2.53. The van der Waals surface area contributed by atoms with Crippen LogP contribution in [0, 0.1) is 5.92 Å². The molecule has 0 bridgehead atoms. The Hall–Kier alpha value is -0.170. The van der Waals surface area contributed by atoms with E-state index in [9.17, 15) is 8.42 Å². The highest BCUT2D eigenvalue weighted by molar-refractivity contribution is 14.0. The molecule has 1 unspecified atom stereocenters. The summed E-state index contributed by atoms with van der Waals surface area (Å²) in [7, 11) is -1.48. The first-order chi connectivity index (χ1) is 12.5. The van der Waals surface area contributed by atoms with Crippen LogP contribution in [0.5, 0.6) is 0 Å². The van der Waals surface area contributed by atoms with Gasteiger partial charge in [-0.1, -0.05) is 0 Å². The van der Waals surface area contributed by atoms with E-state index in [0.29, 0.717) is 32.2 Å². The Morgan fingerprint density at radius 1 is 1.30 bits per heavy atom. The number of hydrogen-bond acceptors (Lipinski definition) is 5. The molecule has 0 amide bonds. The minimum absolute atomic E-state index is 0. The van der Waals surface area contributed by atoms with Crippen LogP contribution in [0.3, 0.4) is 0 Å². The van der Waals surface area contributed by atoms with E-state index >= 15 is 0 Å². The van der Waals surface area contributed by atoms with Crippen LogP contribution in [0.25, 0.3) is 0 Å². The molecule has 1 heterocycles. The van der Waals surface area contributed by atoms with Crippen molar-refractivity contribution in [2.24, 2.45) is 10.9 Å². The molecule has 0 aliphatic carbocycles. The van der Waals surface area contributed by atoms with Crippen LogP contribution in [-0.2, 0) is 19.5 Å². The molecule has 0 aromatic rings. The number of nitrogens with one attached hydrogen (secondary N) is 2. The van der Waals surface area contributed by atoms with Crippen molar-refractivity contribution in [2.45, 2.75) is 33.1 Å². The molecular weight excluding hydrogens is 483 g/mol. The van der Waals surface area contributed by atoms with Crippen LogP contribution in [0.1, 0.15) is 33.1 Å². The van der Waals surface area contributed by atoms with Crippen molar-refractivity contribution in [1.29, 1.82) is 0 Å². The standard InChI is InChI=1S/C17H36N4O4S.HI/c1-4-18-17(19-9-6-11-21(3)26(22,23)5-2)20-10-7-12-24-14-16-8-13-25-15-16;/h16H,4-15H2,1-3H3,(H2,18,19,20);1H. The third-order valence-corrected chi connectivity index (χ3v) is 6.08. The smallest absolute Gasteiger partial charge is 0.213 e. The van der Waals surface area contributed by atoms with Gasteiger partial charge in [-0.05, 0) is 33.1 Å². The molecule has 10 heteroatoms. The van der Waals surface area contributed by atoms with E-state index in [2.05, 4.69) is 15.6 Å². The Bertz CT molecular complexity index is 499. The second kappa shape index (κ2) is 15.7. The van der Waals surface area contributed by atoms with E-state index in [4.69, 9.17) is 9.47 Å². The molecule has 0 spiro atoms. The van der Waals surface area contributed by atoms with Gasteiger partial charge in [0.1, 0.15) is 0 Å². The van der Waals surface area contributed by atoms with Crippen molar-refractivity contribution in [3.8, 4) is 0 Å². The molecule has 0 aromatic heterocycles. The molecule has 0 radical (unpaired) electrons. The van der Waals surface area contributed by atoms with E-state index in [1.165, 1.54) is 4.31 Å². The summed E-state index contributed by atoms with van der Waals surface area (Å²) in [5, 5.41) is 6.44. The lowest BCUT2D eigenvalue weighted by molar-refractivity contribution is 0.0893. The summed E-state index contributed by atoms with van der Waals surface area (Å²) in [5.74, 6) is 1.45. The van der Waals surface area contributed by atoms with E-state index in [0.717, 1.165) is 51.6 Å². The normalized spacial score (nSPS) is 17.8.